The first kappa shape index (κ1) is 24.1. The largest absolute Gasteiger partial charge is 0.385 e. The molecule has 0 radical (unpaired) electrons. The number of ether oxygens (including phenoxy) is 2. The second-order valence-electron chi connectivity index (χ2n) is 6.43. The molecular formula is C18H35IN6O2. The van der Waals surface area contributed by atoms with Crippen LogP contribution in [-0.2, 0) is 22.4 Å². The number of nitrogens with one attached hydrogen (secondary N) is 1. The second-order valence-corrected chi connectivity index (χ2v) is 6.43. The standard InChI is InChI=1S/C18H34N6O2.HI/c1-4-17-22-21-15-24(17)12-9-20-18(19-5-2)23-10-7-16(8-11-23)26-14-6-13-25-3;/h15-16H,4-14H2,1-3H3,(H,19,20);1H. The van der Waals surface area contributed by atoms with E-state index in [1.807, 2.05) is 0 Å². The van der Waals surface area contributed by atoms with E-state index in [-0.39, 0.29) is 24.0 Å². The van der Waals surface area contributed by atoms with Crippen LogP contribution < -0.4 is 5.32 Å². The lowest BCUT2D eigenvalue weighted by Gasteiger charge is -2.34. The maximum atomic E-state index is 5.94. The molecule has 156 valence electrons. The maximum Gasteiger partial charge on any atom is 0.193 e. The van der Waals surface area contributed by atoms with Crippen LogP contribution in [0.3, 0.4) is 0 Å². The molecule has 0 spiro atoms. The van der Waals surface area contributed by atoms with Gasteiger partial charge in [0.25, 0.3) is 0 Å². The first-order valence-electron chi connectivity index (χ1n) is 9.78. The predicted molar refractivity (Wildman–Crippen MR) is 118 cm³/mol. The molecular weight excluding hydrogens is 459 g/mol. The average molecular weight is 494 g/mol. The Morgan fingerprint density at radius 3 is 2.74 bits per heavy atom. The highest BCUT2D eigenvalue weighted by molar-refractivity contribution is 14.0. The van der Waals surface area contributed by atoms with Crippen molar-refractivity contribution >= 4 is 29.9 Å². The number of guanidine groups is 1. The molecule has 1 aliphatic heterocycles. The number of nitrogens with zero attached hydrogens (tertiary/aromatic N) is 5. The molecule has 0 aliphatic carbocycles. The lowest BCUT2D eigenvalue weighted by molar-refractivity contribution is 0.00990. The third kappa shape index (κ3) is 8.30. The number of aryl methyl sites for hydroxylation is 1. The minimum absolute atomic E-state index is 0. The molecule has 1 aliphatic rings. The van der Waals surface area contributed by atoms with E-state index in [0.29, 0.717) is 6.10 Å². The summed E-state index contributed by atoms with van der Waals surface area (Å²) in [7, 11) is 1.73. The van der Waals surface area contributed by atoms with Gasteiger partial charge in [-0.15, -0.1) is 34.2 Å². The summed E-state index contributed by atoms with van der Waals surface area (Å²) in [5, 5.41) is 11.5. The summed E-state index contributed by atoms with van der Waals surface area (Å²) in [5.74, 6) is 2.01. The van der Waals surface area contributed by atoms with E-state index in [1.165, 1.54) is 0 Å². The van der Waals surface area contributed by atoms with Gasteiger partial charge in [0, 0.05) is 52.9 Å². The highest BCUT2D eigenvalue weighted by Crippen LogP contribution is 2.14. The SMILES string of the molecule is CCNC(=NCCn1cnnc1CC)N1CCC(OCCCOC)CC1.I. The van der Waals surface area contributed by atoms with Gasteiger partial charge in [0.15, 0.2) is 5.96 Å². The number of hydrogen-bond donors (Lipinski definition) is 1. The Balaban J connectivity index is 0.00000364. The summed E-state index contributed by atoms with van der Waals surface area (Å²) >= 11 is 0. The molecule has 27 heavy (non-hydrogen) atoms. The first-order valence-corrected chi connectivity index (χ1v) is 9.78. The minimum atomic E-state index is 0. The van der Waals surface area contributed by atoms with Crippen molar-refractivity contribution in [2.75, 3.05) is 46.5 Å². The van der Waals surface area contributed by atoms with Crippen molar-refractivity contribution in [1.29, 1.82) is 0 Å². The molecule has 0 unspecified atom stereocenters. The fourth-order valence-corrected chi connectivity index (χ4v) is 3.12. The fraction of sp³-hybridized carbons (Fsp3) is 0.833. The zero-order valence-corrected chi connectivity index (χ0v) is 19.2. The Hall–Kier alpha value is -0.940. The Morgan fingerprint density at radius 1 is 1.30 bits per heavy atom. The lowest BCUT2D eigenvalue weighted by Crippen LogP contribution is -2.47. The predicted octanol–water partition coefficient (Wildman–Crippen LogP) is 1.94. The molecule has 0 bridgehead atoms. The van der Waals surface area contributed by atoms with Crippen LogP contribution in [0.25, 0.3) is 0 Å². The number of likely N-dealkylation sites (tertiary alicyclic amines) is 1. The molecule has 1 aromatic heterocycles. The van der Waals surface area contributed by atoms with E-state index in [9.17, 15) is 0 Å². The quantitative estimate of drug-likeness (QED) is 0.232. The zero-order valence-electron chi connectivity index (χ0n) is 16.9. The van der Waals surface area contributed by atoms with Gasteiger partial charge in [0.1, 0.15) is 12.2 Å². The fourth-order valence-electron chi connectivity index (χ4n) is 3.12. The number of hydrogen-bond acceptors (Lipinski definition) is 5. The molecule has 0 aromatic carbocycles. The molecule has 0 amide bonds. The third-order valence-corrected chi connectivity index (χ3v) is 4.54. The molecule has 9 heteroatoms. The topological polar surface area (TPSA) is 76.8 Å². The van der Waals surface area contributed by atoms with Gasteiger partial charge in [-0.2, -0.15) is 0 Å². The first-order chi connectivity index (χ1) is 12.8. The van der Waals surface area contributed by atoms with Crippen molar-refractivity contribution in [3.63, 3.8) is 0 Å². The smallest absolute Gasteiger partial charge is 0.193 e. The van der Waals surface area contributed by atoms with E-state index in [4.69, 9.17) is 14.5 Å². The highest BCUT2D eigenvalue weighted by atomic mass is 127. The number of halogens is 1. The maximum absolute atomic E-state index is 5.94. The number of aromatic nitrogens is 3. The summed E-state index contributed by atoms with van der Waals surface area (Å²) < 4.78 is 13.1. The molecule has 0 saturated carbocycles. The van der Waals surface area contributed by atoms with Gasteiger partial charge in [-0.3, -0.25) is 4.99 Å². The Bertz CT molecular complexity index is 532. The van der Waals surface area contributed by atoms with Gasteiger partial charge in [0.05, 0.1) is 12.6 Å². The molecule has 1 saturated heterocycles. The Labute approximate surface area is 180 Å². The summed E-state index contributed by atoms with van der Waals surface area (Å²) in [5.41, 5.74) is 0. The monoisotopic (exact) mass is 494 g/mol. The van der Waals surface area contributed by atoms with Crippen molar-refractivity contribution in [2.24, 2.45) is 4.99 Å². The van der Waals surface area contributed by atoms with Crippen LogP contribution in [0, 0.1) is 0 Å². The third-order valence-electron chi connectivity index (χ3n) is 4.54. The van der Waals surface area contributed by atoms with E-state index in [0.717, 1.165) is 83.4 Å². The molecule has 1 aromatic rings. The van der Waals surface area contributed by atoms with Gasteiger partial charge in [0.2, 0.25) is 0 Å². The Morgan fingerprint density at radius 2 is 2.07 bits per heavy atom. The van der Waals surface area contributed by atoms with E-state index in [2.05, 4.69) is 38.8 Å². The average Bonchev–Trinajstić information content (AvgIpc) is 3.13. The molecule has 2 rings (SSSR count). The zero-order chi connectivity index (χ0) is 18.6. The Kier molecular flexibility index (Phi) is 12.6. The molecule has 1 fully saturated rings. The van der Waals surface area contributed by atoms with Gasteiger partial charge < -0.3 is 24.3 Å². The number of piperidine rings is 1. The van der Waals surface area contributed by atoms with Gasteiger partial charge in [-0.1, -0.05) is 6.92 Å². The van der Waals surface area contributed by atoms with E-state index < -0.39 is 0 Å². The summed E-state index contributed by atoms with van der Waals surface area (Å²) in [6.45, 7) is 10.1. The number of aliphatic imine (C=N–C) groups is 1. The number of methoxy groups -OCH3 is 1. The lowest BCUT2D eigenvalue weighted by atomic mass is 10.1. The number of rotatable bonds is 10. The molecule has 8 nitrogen and oxygen atoms in total. The van der Waals surface area contributed by atoms with Crippen molar-refractivity contribution in [3.8, 4) is 0 Å². The minimum Gasteiger partial charge on any atom is -0.385 e. The summed E-state index contributed by atoms with van der Waals surface area (Å²) in [6, 6.07) is 0. The van der Waals surface area contributed by atoms with Crippen LogP contribution in [-0.4, -0.2) is 78.2 Å². The molecule has 2 heterocycles. The van der Waals surface area contributed by atoms with Crippen LogP contribution >= 0.6 is 24.0 Å². The van der Waals surface area contributed by atoms with Crippen LogP contribution in [0.15, 0.2) is 11.3 Å². The van der Waals surface area contributed by atoms with E-state index >= 15 is 0 Å². The van der Waals surface area contributed by atoms with Crippen LogP contribution in [0.2, 0.25) is 0 Å². The van der Waals surface area contributed by atoms with Gasteiger partial charge >= 0.3 is 0 Å². The van der Waals surface area contributed by atoms with Crippen molar-refractivity contribution in [2.45, 2.75) is 52.2 Å². The van der Waals surface area contributed by atoms with E-state index in [1.54, 1.807) is 13.4 Å². The van der Waals surface area contributed by atoms with Crippen molar-refractivity contribution < 1.29 is 9.47 Å². The summed E-state index contributed by atoms with van der Waals surface area (Å²) in [6.07, 6.45) is 6.08. The summed E-state index contributed by atoms with van der Waals surface area (Å²) in [4.78, 5) is 7.14. The van der Waals surface area contributed by atoms with Crippen molar-refractivity contribution in [3.05, 3.63) is 12.2 Å². The second kappa shape index (κ2) is 14.1. The molecule has 1 N–H and O–H groups in total. The van der Waals surface area contributed by atoms with Crippen LogP contribution in [0.5, 0.6) is 0 Å². The van der Waals surface area contributed by atoms with Gasteiger partial charge in [-0.25, -0.2) is 0 Å². The van der Waals surface area contributed by atoms with Crippen LogP contribution in [0.4, 0.5) is 0 Å². The normalized spacial score (nSPS) is 15.7. The molecule has 0 atom stereocenters. The van der Waals surface area contributed by atoms with Gasteiger partial charge in [-0.05, 0) is 26.2 Å². The van der Waals surface area contributed by atoms with Crippen LogP contribution in [0.1, 0.15) is 38.9 Å². The highest BCUT2D eigenvalue weighted by Gasteiger charge is 2.21. The van der Waals surface area contributed by atoms with Crippen molar-refractivity contribution in [1.82, 2.24) is 25.0 Å².